The first-order chi connectivity index (χ1) is 8.75. The Hall–Kier alpha value is -1.00. The second-order valence-corrected chi connectivity index (χ2v) is 5.87. The highest BCUT2D eigenvalue weighted by Gasteiger charge is 1.98. The second-order valence-electron chi connectivity index (χ2n) is 3.85. The molecule has 0 fully saturated rings. The van der Waals surface area contributed by atoms with Gasteiger partial charge in [-0.15, -0.1) is 11.8 Å². The van der Waals surface area contributed by atoms with Crippen molar-refractivity contribution in [2.45, 2.75) is 11.8 Å². The van der Waals surface area contributed by atoms with Crippen LogP contribution in [0.15, 0.2) is 51.8 Å². The van der Waals surface area contributed by atoms with E-state index in [2.05, 4.69) is 50.5 Å². The van der Waals surface area contributed by atoms with E-state index in [9.17, 15) is 0 Å². The molecular weight excluding hydrogens is 308 g/mol. The number of nitrogens with one attached hydrogen (secondary N) is 1. The predicted molar refractivity (Wildman–Crippen MR) is 82.3 cm³/mol. The number of nitrogens with zero attached hydrogens (tertiary/aromatic N) is 1. The molecule has 1 aromatic carbocycles. The number of hydrogen-bond acceptors (Lipinski definition) is 3. The van der Waals surface area contributed by atoms with Crippen molar-refractivity contribution >= 4 is 33.5 Å². The third kappa shape index (κ3) is 4.03. The summed E-state index contributed by atoms with van der Waals surface area (Å²) < 4.78 is 1.05. The van der Waals surface area contributed by atoms with Gasteiger partial charge >= 0.3 is 0 Å². The summed E-state index contributed by atoms with van der Waals surface area (Å²) >= 11 is 5.29. The van der Waals surface area contributed by atoms with Gasteiger partial charge < -0.3 is 5.32 Å². The predicted octanol–water partition coefficient (Wildman–Crippen LogP) is 4.36. The Bertz CT molecular complexity index is 502. The van der Waals surface area contributed by atoms with Crippen molar-refractivity contribution in [1.82, 2.24) is 4.98 Å². The number of pyridine rings is 1. The van der Waals surface area contributed by atoms with Crippen LogP contribution in [0, 0.1) is 6.92 Å². The number of benzene rings is 1. The first kappa shape index (κ1) is 13.4. The normalized spacial score (nSPS) is 10.3. The molecule has 94 valence electrons. The fourth-order valence-electron chi connectivity index (χ4n) is 1.51. The van der Waals surface area contributed by atoms with E-state index in [1.165, 1.54) is 4.90 Å². The third-order valence-electron chi connectivity index (χ3n) is 2.44. The van der Waals surface area contributed by atoms with Gasteiger partial charge in [-0.2, -0.15) is 0 Å². The summed E-state index contributed by atoms with van der Waals surface area (Å²) in [4.78, 5) is 5.75. The highest BCUT2D eigenvalue weighted by Crippen LogP contribution is 2.18. The van der Waals surface area contributed by atoms with Crippen LogP contribution in [0.25, 0.3) is 0 Å². The Balaban J connectivity index is 1.77. The summed E-state index contributed by atoms with van der Waals surface area (Å²) in [7, 11) is 0. The van der Waals surface area contributed by atoms with Crippen LogP contribution >= 0.6 is 27.7 Å². The number of hydrogen-bond donors (Lipinski definition) is 1. The van der Waals surface area contributed by atoms with Crippen molar-refractivity contribution in [3.63, 3.8) is 0 Å². The number of aryl methyl sites for hydroxylation is 1. The molecule has 1 N–H and O–H groups in total. The van der Waals surface area contributed by atoms with Gasteiger partial charge in [0.25, 0.3) is 0 Å². The van der Waals surface area contributed by atoms with Gasteiger partial charge in [-0.1, -0.05) is 18.2 Å². The average Bonchev–Trinajstić information content (AvgIpc) is 2.40. The minimum absolute atomic E-state index is 0.910. The van der Waals surface area contributed by atoms with Crippen molar-refractivity contribution in [1.29, 1.82) is 0 Å². The van der Waals surface area contributed by atoms with E-state index >= 15 is 0 Å². The average molecular weight is 323 g/mol. The lowest BCUT2D eigenvalue weighted by Gasteiger charge is -2.07. The fourth-order valence-corrected chi connectivity index (χ4v) is 2.52. The van der Waals surface area contributed by atoms with Gasteiger partial charge in [0.15, 0.2) is 0 Å². The van der Waals surface area contributed by atoms with E-state index in [0.29, 0.717) is 0 Å². The molecule has 0 unspecified atom stereocenters. The van der Waals surface area contributed by atoms with Crippen molar-refractivity contribution in [2.24, 2.45) is 0 Å². The highest BCUT2D eigenvalue weighted by atomic mass is 79.9. The van der Waals surface area contributed by atoms with Crippen LogP contribution in [0.1, 0.15) is 5.69 Å². The fraction of sp³-hybridized carbons (Fsp3) is 0.214. The zero-order valence-electron chi connectivity index (χ0n) is 10.2. The van der Waals surface area contributed by atoms with Gasteiger partial charge in [-0.05, 0) is 47.1 Å². The maximum Gasteiger partial charge on any atom is 0.126 e. The van der Waals surface area contributed by atoms with E-state index in [4.69, 9.17) is 0 Å². The summed E-state index contributed by atoms with van der Waals surface area (Å²) in [5, 5.41) is 3.33. The van der Waals surface area contributed by atoms with E-state index in [0.717, 1.165) is 28.3 Å². The zero-order valence-corrected chi connectivity index (χ0v) is 12.6. The molecule has 0 saturated carbocycles. The molecule has 0 aliphatic carbocycles. The molecule has 0 bridgehead atoms. The maximum absolute atomic E-state index is 4.45. The minimum Gasteiger partial charge on any atom is -0.369 e. The largest absolute Gasteiger partial charge is 0.369 e. The van der Waals surface area contributed by atoms with Crippen LogP contribution in [-0.4, -0.2) is 17.3 Å². The summed E-state index contributed by atoms with van der Waals surface area (Å²) in [6.07, 6.45) is 0. The zero-order chi connectivity index (χ0) is 12.8. The van der Waals surface area contributed by atoms with Crippen LogP contribution in [0.3, 0.4) is 0 Å². The third-order valence-corrected chi connectivity index (χ3v) is 4.29. The molecule has 18 heavy (non-hydrogen) atoms. The van der Waals surface area contributed by atoms with Crippen molar-refractivity contribution in [3.8, 4) is 0 Å². The van der Waals surface area contributed by atoms with E-state index in [1.54, 1.807) is 0 Å². The van der Waals surface area contributed by atoms with Gasteiger partial charge in [0.2, 0.25) is 0 Å². The van der Waals surface area contributed by atoms with Crippen molar-refractivity contribution in [2.75, 3.05) is 17.6 Å². The standard InChI is InChI=1S/C14H15BrN2S/c1-11-13(15)7-8-14(17-11)16-9-10-18-12-5-3-2-4-6-12/h2-8H,9-10H2,1H3,(H,16,17). The molecule has 4 heteroatoms. The van der Waals surface area contributed by atoms with Gasteiger partial charge in [-0.25, -0.2) is 4.98 Å². The van der Waals surface area contributed by atoms with Crippen LogP contribution in [-0.2, 0) is 0 Å². The molecule has 2 nitrogen and oxygen atoms in total. The van der Waals surface area contributed by atoms with Crippen LogP contribution in [0.4, 0.5) is 5.82 Å². The van der Waals surface area contributed by atoms with Gasteiger partial charge in [0.1, 0.15) is 5.82 Å². The van der Waals surface area contributed by atoms with Crippen molar-refractivity contribution < 1.29 is 0 Å². The SMILES string of the molecule is Cc1nc(NCCSc2ccccc2)ccc1Br. The Morgan fingerprint density at radius 2 is 1.94 bits per heavy atom. The number of thioether (sulfide) groups is 1. The molecule has 2 rings (SSSR count). The quantitative estimate of drug-likeness (QED) is 0.654. The molecule has 0 atom stereocenters. The summed E-state index contributed by atoms with van der Waals surface area (Å²) in [6.45, 7) is 2.90. The molecule has 0 aliphatic rings. The Labute approximate surface area is 120 Å². The molecule has 0 radical (unpaired) electrons. The minimum atomic E-state index is 0.910. The highest BCUT2D eigenvalue weighted by molar-refractivity contribution is 9.10. The van der Waals surface area contributed by atoms with Gasteiger partial charge in [0, 0.05) is 21.7 Å². The Morgan fingerprint density at radius 1 is 1.17 bits per heavy atom. The summed E-state index contributed by atoms with van der Waals surface area (Å²) in [5.41, 5.74) is 1.01. The Morgan fingerprint density at radius 3 is 2.67 bits per heavy atom. The van der Waals surface area contributed by atoms with Gasteiger partial charge in [0.05, 0.1) is 5.69 Å². The van der Waals surface area contributed by atoms with Crippen molar-refractivity contribution in [3.05, 3.63) is 52.6 Å². The number of halogens is 1. The smallest absolute Gasteiger partial charge is 0.126 e. The van der Waals surface area contributed by atoms with Crippen LogP contribution < -0.4 is 5.32 Å². The van der Waals surface area contributed by atoms with Crippen LogP contribution in [0.5, 0.6) is 0 Å². The number of aromatic nitrogens is 1. The Kier molecular flexibility index (Phi) is 5.08. The first-order valence-electron chi connectivity index (χ1n) is 5.80. The monoisotopic (exact) mass is 322 g/mol. The lowest BCUT2D eigenvalue weighted by atomic mass is 10.4. The molecule has 0 amide bonds. The molecule has 0 spiro atoms. The molecular formula is C14H15BrN2S. The summed E-state index contributed by atoms with van der Waals surface area (Å²) in [5.74, 6) is 1.96. The maximum atomic E-state index is 4.45. The number of anilines is 1. The van der Waals surface area contributed by atoms with Gasteiger partial charge in [-0.3, -0.25) is 0 Å². The first-order valence-corrected chi connectivity index (χ1v) is 7.58. The second kappa shape index (κ2) is 6.81. The lowest BCUT2D eigenvalue weighted by Crippen LogP contribution is -2.06. The van der Waals surface area contributed by atoms with E-state index in [-0.39, 0.29) is 0 Å². The molecule has 0 aliphatic heterocycles. The lowest BCUT2D eigenvalue weighted by molar-refractivity contribution is 1.12. The molecule has 2 aromatic rings. The van der Waals surface area contributed by atoms with Crippen LogP contribution in [0.2, 0.25) is 0 Å². The van der Waals surface area contributed by atoms with E-state index in [1.807, 2.05) is 36.9 Å². The topological polar surface area (TPSA) is 24.9 Å². The van der Waals surface area contributed by atoms with E-state index < -0.39 is 0 Å². The molecule has 1 aromatic heterocycles. The summed E-state index contributed by atoms with van der Waals surface area (Å²) in [6, 6.07) is 14.4. The molecule has 1 heterocycles. The number of rotatable bonds is 5. The molecule has 0 saturated heterocycles.